The van der Waals surface area contributed by atoms with Crippen LogP contribution in [0.1, 0.15) is 18.4 Å². The summed E-state index contributed by atoms with van der Waals surface area (Å²) < 4.78 is 37.0. The zero-order valence-electron chi connectivity index (χ0n) is 16.3. The van der Waals surface area contributed by atoms with Crippen molar-refractivity contribution in [3.63, 3.8) is 0 Å². The molecular weight excluding hydrogens is 386 g/mol. The average Bonchev–Trinajstić information content (AvgIpc) is 3.16. The predicted molar refractivity (Wildman–Crippen MR) is 102 cm³/mol. The van der Waals surface area contributed by atoms with Crippen LogP contribution in [0, 0.1) is 6.92 Å². The van der Waals surface area contributed by atoms with Gasteiger partial charge in [-0.25, -0.2) is 8.42 Å². The Labute approximate surface area is 165 Å². The monoisotopic (exact) mass is 413 g/mol. The lowest BCUT2D eigenvalue weighted by Gasteiger charge is -2.24. The molecule has 1 aliphatic heterocycles. The Balaban J connectivity index is 1.93. The first-order valence-corrected chi connectivity index (χ1v) is 10.4. The van der Waals surface area contributed by atoms with Crippen molar-refractivity contribution in [2.45, 2.75) is 37.0 Å². The summed E-state index contributed by atoms with van der Waals surface area (Å²) in [6.07, 6.45) is 0.658. The van der Waals surface area contributed by atoms with Gasteiger partial charge in [0.2, 0.25) is 10.0 Å². The van der Waals surface area contributed by atoms with E-state index in [-0.39, 0.29) is 18.0 Å². The van der Waals surface area contributed by atoms with Crippen LogP contribution < -0.4 is 10.6 Å². The molecule has 0 radical (unpaired) electrons. The Kier molecular flexibility index (Phi) is 7.93. The Morgan fingerprint density at radius 2 is 1.75 bits per heavy atom. The smallest absolute Gasteiger partial charge is 0.309 e. The molecule has 1 fully saturated rings. The van der Waals surface area contributed by atoms with E-state index in [0.717, 1.165) is 5.56 Å². The zero-order valence-corrected chi connectivity index (χ0v) is 17.1. The number of aryl methyl sites for hydroxylation is 1. The van der Waals surface area contributed by atoms with Crippen molar-refractivity contribution in [1.29, 1.82) is 0 Å². The van der Waals surface area contributed by atoms with E-state index in [1.165, 1.54) is 18.5 Å². The van der Waals surface area contributed by atoms with Gasteiger partial charge in [0.1, 0.15) is 0 Å². The molecule has 1 atom stereocenters. The fourth-order valence-corrected chi connectivity index (χ4v) is 4.68. The second-order valence-corrected chi connectivity index (χ2v) is 8.44. The van der Waals surface area contributed by atoms with Crippen molar-refractivity contribution in [2.75, 3.05) is 33.9 Å². The largest absolute Gasteiger partial charge is 0.354 e. The van der Waals surface area contributed by atoms with E-state index in [0.29, 0.717) is 19.4 Å². The lowest BCUT2D eigenvalue weighted by atomic mass is 10.2. The number of carbonyl (C=O) groups excluding carboxylic acids is 2. The number of methoxy groups -OCH3 is 2. The van der Waals surface area contributed by atoms with Gasteiger partial charge in [-0.1, -0.05) is 17.7 Å². The third-order valence-corrected chi connectivity index (χ3v) is 6.58. The average molecular weight is 413 g/mol. The van der Waals surface area contributed by atoms with Crippen LogP contribution >= 0.6 is 0 Å². The molecule has 9 nitrogen and oxygen atoms in total. The first-order chi connectivity index (χ1) is 13.3. The van der Waals surface area contributed by atoms with Crippen LogP contribution in [-0.2, 0) is 29.1 Å². The van der Waals surface area contributed by atoms with Gasteiger partial charge in [-0.05, 0) is 31.9 Å². The van der Waals surface area contributed by atoms with E-state index in [1.54, 1.807) is 24.3 Å². The number of rotatable bonds is 8. The first kappa shape index (κ1) is 22.3. The summed E-state index contributed by atoms with van der Waals surface area (Å²) >= 11 is 0. The Bertz CT molecular complexity index is 777. The molecule has 0 bridgehead atoms. The molecule has 2 amide bonds. The molecule has 0 saturated carbocycles. The van der Waals surface area contributed by atoms with Gasteiger partial charge in [0.25, 0.3) is 0 Å². The van der Waals surface area contributed by atoms with Gasteiger partial charge < -0.3 is 20.1 Å². The number of nitrogens with one attached hydrogen (secondary N) is 2. The molecule has 1 aliphatic rings. The first-order valence-electron chi connectivity index (χ1n) is 8.99. The number of sulfonamides is 1. The maximum Gasteiger partial charge on any atom is 0.309 e. The molecule has 10 heteroatoms. The van der Waals surface area contributed by atoms with Gasteiger partial charge in [-0.15, -0.1) is 0 Å². The number of benzene rings is 1. The minimum Gasteiger partial charge on any atom is -0.354 e. The normalized spacial score (nSPS) is 17.6. The predicted octanol–water partition coefficient (Wildman–Crippen LogP) is -0.000580. The third kappa shape index (κ3) is 5.51. The van der Waals surface area contributed by atoms with Gasteiger partial charge >= 0.3 is 11.8 Å². The third-order valence-electron chi connectivity index (χ3n) is 4.61. The molecular formula is C18H27N3O6S. The van der Waals surface area contributed by atoms with Gasteiger partial charge in [0.05, 0.1) is 11.4 Å². The van der Waals surface area contributed by atoms with E-state index >= 15 is 0 Å². The zero-order chi connectivity index (χ0) is 20.7. The van der Waals surface area contributed by atoms with E-state index in [1.807, 2.05) is 6.92 Å². The highest BCUT2D eigenvalue weighted by Crippen LogP contribution is 2.25. The molecule has 2 N–H and O–H groups in total. The van der Waals surface area contributed by atoms with Crippen LogP contribution in [-0.4, -0.2) is 70.7 Å². The maximum atomic E-state index is 12.9. The van der Waals surface area contributed by atoms with Crippen molar-refractivity contribution in [3.8, 4) is 0 Å². The maximum absolute atomic E-state index is 12.9. The molecule has 156 valence electrons. The van der Waals surface area contributed by atoms with Crippen LogP contribution in [0.3, 0.4) is 0 Å². The van der Waals surface area contributed by atoms with E-state index in [9.17, 15) is 18.0 Å². The van der Waals surface area contributed by atoms with Crippen LogP contribution in [0.25, 0.3) is 0 Å². The molecule has 1 saturated heterocycles. The summed E-state index contributed by atoms with van der Waals surface area (Å²) in [7, 11) is -0.812. The van der Waals surface area contributed by atoms with Crippen molar-refractivity contribution in [1.82, 2.24) is 14.9 Å². The minimum atomic E-state index is -3.65. The lowest BCUT2D eigenvalue weighted by molar-refractivity contribution is -0.141. The number of amides is 2. The Morgan fingerprint density at radius 1 is 1.14 bits per heavy atom. The topological polar surface area (TPSA) is 114 Å². The van der Waals surface area contributed by atoms with Gasteiger partial charge in [-0.2, -0.15) is 4.31 Å². The Morgan fingerprint density at radius 3 is 2.36 bits per heavy atom. The summed E-state index contributed by atoms with van der Waals surface area (Å²) in [6.45, 7) is 2.36. The molecule has 1 aromatic carbocycles. The number of hydrogen-bond acceptors (Lipinski definition) is 6. The van der Waals surface area contributed by atoms with E-state index < -0.39 is 34.2 Å². The SMILES string of the molecule is COC(CNC(=O)C(=O)NC[C@H]1CCCN1S(=O)(=O)c1ccc(C)cc1)OC. The summed E-state index contributed by atoms with van der Waals surface area (Å²) in [5.74, 6) is -1.66. The van der Waals surface area contributed by atoms with Crippen molar-refractivity contribution in [3.05, 3.63) is 29.8 Å². The number of ether oxygens (including phenoxy) is 2. The molecule has 1 aromatic rings. The summed E-state index contributed by atoms with van der Waals surface area (Å²) in [5, 5.41) is 4.91. The minimum absolute atomic E-state index is 0.0244. The summed E-state index contributed by atoms with van der Waals surface area (Å²) in [6, 6.07) is 6.26. The quantitative estimate of drug-likeness (QED) is 0.458. The van der Waals surface area contributed by atoms with Crippen molar-refractivity contribution < 1.29 is 27.5 Å². The molecule has 0 spiro atoms. The van der Waals surface area contributed by atoms with Gasteiger partial charge in [0, 0.05) is 33.4 Å². The van der Waals surface area contributed by atoms with Crippen molar-refractivity contribution >= 4 is 21.8 Å². The Hall–Kier alpha value is -2.01. The summed E-state index contributed by atoms with van der Waals surface area (Å²) in [5.41, 5.74) is 0.972. The summed E-state index contributed by atoms with van der Waals surface area (Å²) in [4.78, 5) is 24.1. The molecule has 0 aromatic heterocycles. The highest BCUT2D eigenvalue weighted by molar-refractivity contribution is 7.89. The highest BCUT2D eigenvalue weighted by Gasteiger charge is 2.35. The van der Waals surface area contributed by atoms with Crippen LogP contribution in [0.5, 0.6) is 0 Å². The second-order valence-electron chi connectivity index (χ2n) is 6.55. The van der Waals surface area contributed by atoms with Gasteiger partial charge in [-0.3, -0.25) is 9.59 Å². The molecule has 28 heavy (non-hydrogen) atoms. The number of hydrogen-bond donors (Lipinski definition) is 2. The fraction of sp³-hybridized carbons (Fsp3) is 0.556. The molecule has 0 unspecified atom stereocenters. The fourth-order valence-electron chi connectivity index (χ4n) is 2.99. The lowest BCUT2D eigenvalue weighted by Crippen LogP contribution is -2.48. The van der Waals surface area contributed by atoms with Crippen LogP contribution in [0.15, 0.2) is 29.2 Å². The van der Waals surface area contributed by atoms with Crippen LogP contribution in [0.4, 0.5) is 0 Å². The van der Waals surface area contributed by atoms with Crippen molar-refractivity contribution in [2.24, 2.45) is 0 Å². The standard InChI is InChI=1S/C18H27N3O6S/c1-13-6-8-15(9-7-13)28(24,25)21-10-4-5-14(21)11-19-17(22)18(23)20-12-16(26-2)27-3/h6-9,14,16H,4-5,10-12H2,1-3H3,(H,19,22)(H,20,23)/t14-/m1/s1. The molecule has 2 rings (SSSR count). The number of carbonyl (C=O) groups is 2. The van der Waals surface area contributed by atoms with Gasteiger partial charge in [0.15, 0.2) is 6.29 Å². The van der Waals surface area contributed by atoms with Crippen LogP contribution in [0.2, 0.25) is 0 Å². The van der Waals surface area contributed by atoms with E-state index in [2.05, 4.69) is 10.6 Å². The number of nitrogens with zero attached hydrogens (tertiary/aromatic N) is 1. The molecule has 0 aliphatic carbocycles. The molecule has 1 heterocycles. The highest BCUT2D eigenvalue weighted by atomic mass is 32.2. The van der Waals surface area contributed by atoms with E-state index in [4.69, 9.17) is 9.47 Å². The second kappa shape index (κ2) is 9.97.